The van der Waals surface area contributed by atoms with E-state index in [-0.39, 0.29) is 47.7 Å². The number of fused-ring (bicyclic) bond motifs is 2. The van der Waals surface area contributed by atoms with Gasteiger partial charge in [-0.1, -0.05) is 54.6 Å². The summed E-state index contributed by atoms with van der Waals surface area (Å²) >= 11 is 0. The molecule has 2 bridgehead atoms. The lowest BCUT2D eigenvalue weighted by molar-refractivity contribution is -0.124. The highest BCUT2D eigenvalue weighted by atomic mass is 16.7. The lowest BCUT2D eigenvalue weighted by Crippen LogP contribution is -2.48. The summed E-state index contributed by atoms with van der Waals surface area (Å²) in [7, 11) is -0.402. The number of nitrogens with zero attached hydrogens (tertiary/aromatic N) is 1. The number of ether oxygens (including phenoxy) is 1. The van der Waals surface area contributed by atoms with Crippen LogP contribution in [0.1, 0.15) is 64.5 Å². The Kier molecular flexibility index (Phi) is 6.73. The van der Waals surface area contributed by atoms with Gasteiger partial charge in [0.05, 0.1) is 11.2 Å². The van der Waals surface area contributed by atoms with Crippen molar-refractivity contribution in [1.82, 2.24) is 4.90 Å². The average Bonchev–Trinajstić information content (AvgIpc) is 3.24. The van der Waals surface area contributed by atoms with Crippen LogP contribution >= 0.6 is 0 Å². The molecule has 190 valence electrons. The number of carbonyl (C=O) groups is 2. The maximum Gasteiger partial charge on any atom is 0.494 e. The summed E-state index contributed by atoms with van der Waals surface area (Å²) in [6.45, 7) is 8.45. The highest BCUT2D eigenvalue weighted by molar-refractivity contribution is 6.62. The molecule has 0 saturated carbocycles. The number of ketones is 1. The Morgan fingerprint density at radius 1 is 0.889 bits per heavy atom. The van der Waals surface area contributed by atoms with Crippen molar-refractivity contribution in [2.75, 3.05) is 0 Å². The van der Waals surface area contributed by atoms with Crippen molar-refractivity contribution < 1.29 is 23.6 Å². The largest absolute Gasteiger partial charge is 0.494 e. The van der Waals surface area contributed by atoms with Crippen LogP contribution < -0.4 is 5.46 Å². The Labute approximate surface area is 214 Å². The van der Waals surface area contributed by atoms with Crippen LogP contribution in [0.3, 0.4) is 0 Å². The smallest absolute Gasteiger partial charge is 0.445 e. The van der Waals surface area contributed by atoms with E-state index >= 15 is 0 Å². The maximum atomic E-state index is 13.2. The number of hydrogen-bond donors (Lipinski definition) is 0. The van der Waals surface area contributed by atoms with E-state index in [1.54, 1.807) is 0 Å². The van der Waals surface area contributed by atoms with Gasteiger partial charge in [0.15, 0.2) is 0 Å². The fraction of sp³-hybridized carbons (Fsp3) is 0.517. The summed E-state index contributed by atoms with van der Waals surface area (Å²) < 4.78 is 17.9. The van der Waals surface area contributed by atoms with Crippen molar-refractivity contribution in [1.29, 1.82) is 0 Å². The molecule has 2 aromatic carbocycles. The van der Waals surface area contributed by atoms with E-state index in [1.807, 2.05) is 87.2 Å². The molecule has 3 aliphatic heterocycles. The van der Waals surface area contributed by atoms with Crippen LogP contribution in [-0.4, -0.2) is 47.2 Å². The van der Waals surface area contributed by atoms with E-state index < -0.39 is 7.12 Å². The number of Topliss-reactive ketones (excluding diaryl/α,β-unsaturated/α-hetero) is 1. The summed E-state index contributed by atoms with van der Waals surface area (Å²) in [5.74, 6) is 0.246. The second-order valence-corrected chi connectivity index (χ2v) is 11.5. The maximum absolute atomic E-state index is 13.2. The molecule has 0 aromatic heterocycles. The van der Waals surface area contributed by atoms with Gasteiger partial charge in [0.2, 0.25) is 0 Å². The zero-order chi connectivity index (χ0) is 25.5. The van der Waals surface area contributed by atoms with Crippen molar-refractivity contribution in [3.8, 4) is 0 Å². The van der Waals surface area contributed by atoms with Crippen molar-refractivity contribution in [2.24, 2.45) is 5.92 Å². The predicted molar refractivity (Wildman–Crippen MR) is 139 cm³/mol. The molecular weight excluding hydrogens is 453 g/mol. The molecule has 2 aromatic rings. The molecule has 3 saturated heterocycles. The van der Waals surface area contributed by atoms with Crippen LogP contribution in [-0.2, 0) is 31.9 Å². The molecule has 1 amide bonds. The highest BCUT2D eigenvalue weighted by Gasteiger charge is 2.51. The Hall–Kier alpha value is -2.64. The third-order valence-corrected chi connectivity index (χ3v) is 8.49. The van der Waals surface area contributed by atoms with Gasteiger partial charge in [-0.3, -0.25) is 4.79 Å². The van der Waals surface area contributed by atoms with Gasteiger partial charge in [-0.2, -0.15) is 0 Å². The highest BCUT2D eigenvalue weighted by Crippen LogP contribution is 2.40. The Bertz CT molecular complexity index is 1070. The molecule has 0 N–H and O–H groups in total. The summed E-state index contributed by atoms with van der Waals surface area (Å²) in [6.07, 6.45) is 3.49. The van der Waals surface area contributed by atoms with Gasteiger partial charge in [0.1, 0.15) is 12.4 Å². The predicted octanol–water partition coefficient (Wildman–Crippen LogP) is 4.68. The topological polar surface area (TPSA) is 65.1 Å². The second-order valence-electron chi connectivity index (χ2n) is 11.5. The summed E-state index contributed by atoms with van der Waals surface area (Å²) in [5.41, 5.74) is 2.18. The second kappa shape index (κ2) is 9.68. The summed E-state index contributed by atoms with van der Waals surface area (Å²) in [4.78, 5) is 27.9. The summed E-state index contributed by atoms with van der Waals surface area (Å²) in [6, 6.07) is 17.9. The van der Waals surface area contributed by atoms with E-state index in [4.69, 9.17) is 14.0 Å². The third-order valence-electron chi connectivity index (χ3n) is 8.49. The van der Waals surface area contributed by atoms with Gasteiger partial charge in [0, 0.05) is 24.4 Å². The standard InChI is InChI=1S/C29H36BNO5/c1-28(2)29(3,4)36-30(35-28)23-12-10-20(11-13-23)16-26(32)22-17-24-14-15-25(18-22)31(24)27(33)34-19-21-8-6-5-7-9-21/h5-13,22,24-25H,14-19H2,1-4H3. The molecule has 36 heavy (non-hydrogen) atoms. The zero-order valence-electron chi connectivity index (χ0n) is 21.7. The minimum absolute atomic E-state index is 0.0107. The van der Waals surface area contributed by atoms with Crippen LogP contribution in [0.25, 0.3) is 0 Å². The molecule has 3 heterocycles. The first-order chi connectivity index (χ1) is 17.1. The van der Waals surface area contributed by atoms with Crippen molar-refractivity contribution >= 4 is 24.5 Å². The first kappa shape index (κ1) is 25.0. The molecule has 2 atom stereocenters. The quantitative estimate of drug-likeness (QED) is 0.552. The van der Waals surface area contributed by atoms with Gasteiger partial charge in [-0.15, -0.1) is 0 Å². The molecule has 7 heteroatoms. The van der Waals surface area contributed by atoms with E-state index in [0.717, 1.165) is 42.3 Å². The van der Waals surface area contributed by atoms with Crippen LogP contribution in [0.15, 0.2) is 54.6 Å². The normalized spacial score (nSPS) is 26.2. The van der Waals surface area contributed by atoms with E-state index in [9.17, 15) is 9.59 Å². The number of amides is 1. The molecule has 3 aliphatic rings. The minimum atomic E-state index is -0.402. The third kappa shape index (κ3) is 4.96. The van der Waals surface area contributed by atoms with E-state index in [1.165, 1.54) is 0 Å². The number of rotatable bonds is 6. The molecule has 0 radical (unpaired) electrons. The first-order valence-electron chi connectivity index (χ1n) is 13.1. The SMILES string of the molecule is CC1(C)OB(c2ccc(CC(=O)C3CC4CCC(C3)N4C(=O)OCc3ccccc3)cc2)OC1(C)C. The molecule has 3 fully saturated rings. The fourth-order valence-electron chi connectivity index (χ4n) is 5.65. The van der Waals surface area contributed by atoms with Crippen molar-refractivity contribution in [2.45, 2.75) is 89.7 Å². The van der Waals surface area contributed by atoms with Crippen LogP contribution in [0.2, 0.25) is 0 Å². The van der Waals surface area contributed by atoms with E-state index in [0.29, 0.717) is 6.42 Å². The molecule has 6 nitrogen and oxygen atoms in total. The lowest BCUT2D eigenvalue weighted by Gasteiger charge is -2.37. The van der Waals surface area contributed by atoms with Gasteiger partial charge in [-0.25, -0.2) is 4.79 Å². The molecule has 2 unspecified atom stereocenters. The van der Waals surface area contributed by atoms with Gasteiger partial charge < -0.3 is 18.9 Å². The van der Waals surface area contributed by atoms with Crippen molar-refractivity contribution in [3.05, 3.63) is 65.7 Å². The molecular formula is C29H36BNO5. The Balaban J connectivity index is 1.15. The van der Waals surface area contributed by atoms with Crippen LogP contribution in [0, 0.1) is 5.92 Å². The molecule has 5 rings (SSSR count). The number of piperidine rings is 1. The average molecular weight is 489 g/mol. The lowest BCUT2D eigenvalue weighted by atomic mass is 9.78. The first-order valence-corrected chi connectivity index (χ1v) is 13.1. The monoisotopic (exact) mass is 489 g/mol. The van der Waals surface area contributed by atoms with Crippen LogP contribution in [0.5, 0.6) is 0 Å². The number of hydrogen-bond acceptors (Lipinski definition) is 5. The number of benzene rings is 2. The van der Waals surface area contributed by atoms with Crippen LogP contribution in [0.4, 0.5) is 4.79 Å². The Morgan fingerprint density at radius 3 is 2.06 bits per heavy atom. The van der Waals surface area contributed by atoms with Gasteiger partial charge in [0.25, 0.3) is 0 Å². The molecule has 0 spiro atoms. The molecule has 0 aliphatic carbocycles. The van der Waals surface area contributed by atoms with Crippen molar-refractivity contribution in [3.63, 3.8) is 0 Å². The fourth-order valence-corrected chi connectivity index (χ4v) is 5.65. The zero-order valence-corrected chi connectivity index (χ0v) is 21.7. The van der Waals surface area contributed by atoms with Gasteiger partial charge in [-0.05, 0) is 70.0 Å². The van der Waals surface area contributed by atoms with Gasteiger partial charge >= 0.3 is 13.2 Å². The Morgan fingerprint density at radius 2 is 1.47 bits per heavy atom. The minimum Gasteiger partial charge on any atom is -0.445 e. The number of carbonyl (C=O) groups excluding carboxylic acids is 2. The van der Waals surface area contributed by atoms with E-state index in [2.05, 4.69) is 0 Å². The summed E-state index contributed by atoms with van der Waals surface area (Å²) in [5, 5.41) is 0.